The van der Waals surface area contributed by atoms with E-state index < -0.39 is 0 Å². The molecule has 1 fully saturated rings. The molecule has 1 rings (SSSR count). The molecule has 4 nitrogen and oxygen atoms in total. The van der Waals surface area contributed by atoms with Crippen molar-refractivity contribution in [1.29, 1.82) is 0 Å². The van der Waals surface area contributed by atoms with Gasteiger partial charge >= 0.3 is 0 Å². The number of unbranched alkanes of at least 4 members (excludes halogenated alkanes) is 2. The van der Waals surface area contributed by atoms with Gasteiger partial charge in [0.1, 0.15) is 11.6 Å². The van der Waals surface area contributed by atoms with E-state index in [1.165, 1.54) is 12.8 Å². The number of hydrogen-bond donors (Lipinski definition) is 2. The third-order valence-corrected chi connectivity index (χ3v) is 3.30. The molecule has 2 unspecified atom stereocenters. The fraction of sp³-hybridized carbons (Fsp3) is 0.857. The van der Waals surface area contributed by atoms with Gasteiger partial charge in [-0.05, 0) is 32.2 Å². The number of rotatable bonds is 11. The predicted octanol–water partition coefficient (Wildman–Crippen LogP) is 1.29. The smallest absolute Gasteiger partial charge is 0.146 e. The van der Waals surface area contributed by atoms with E-state index in [4.69, 9.17) is 0 Å². The zero-order valence-corrected chi connectivity index (χ0v) is 11.6. The minimum absolute atomic E-state index is 0.157. The van der Waals surface area contributed by atoms with Gasteiger partial charge in [0.25, 0.3) is 0 Å². The van der Waals surface area contributed by atoms with Gasteiger partial charge in [0.15, 0.2) is 0 Å². The van der Waals surface area contributed by atoms with Gasteiger partial charge in [0.05, 0.1) is 13.1 Å². The molecular weight excluding hydrogens is 228 g/mol. The topological polar surface area (TPSA) is 58.2 Å². The molecule has 0 amide bonds. The maximum absolute atomic E-state index is 11.7. The molecule has 0 radical (unpaired) electrons. The lowest BCUT2D eigenvalue weighted by Gasteiger charge is -2.04. The number of ketones is 2. The quantitative estimate of drug-likeness (QED) is 0.546. The number of carbonyl (C=O) groups excluding carboxylic acids is 2. The molecule has 18 heavy (non-hydrogen) atoms. The van der Waals surface area contributed by atoms with E-state index in [1.807, 2.05) is 0 Å². The molecule has 1 saturated carbocycles. The van der Waals surface area contributed by atoms with Gasteiger partial charge < -0.3 is 10.6 Å². The summed E-state index contributed by atoms with van der Waals surface area (Å²) in [7, 11) is 0. The highest BCUT2D eigenvalue weighted by Crippen LogP contribution is 2.33. The molecule has 0 aromatic carbocycles. The zero-order valence-electron chi connectivity index (χ0n) is 11.6. The van der Waals surface area contributed by atoms with Crippen molar-refractivity contribution in [2.45, 2.75) is 52.0 Å². The average molecular weight is 254 g/mol. The van der Waals surface area contributed by atoms with Crippen LogP contribution >= 0.6 is 0 Å². The standard InChI is InChI=1S/C14H26N2O2/c1-3-4-5-6-15-10-13(18)7-12-8-14(12)16-9-11(2)17/h12,14-16H,3-10H2,1-2H3. The van der Waals surface area contributed by atoms with E-state index in [2.05, 4.69) is 17.6 Å². The monoisotopic (exact) mass is 254 g/mol. The highest BCUT2D eigenvalue weighted by Gasteiger charge is 2.37. The summed E-state index contributed by atoms with van der Waals surface area (Å²) >= 11 is 0. The third kappa shape index (κ3) is 6.87. The molecular formula is C14H26N2O2. The maximum Gasteiger partial charge on any atom is 0.146 e. The molecule has 1 aliphatic carbocycles. The number of hydrogen-bond acceptors (Lipinski definition) is 4. The summed E-state index contributed by atoms with van der Waals surface area (Å²) in [5.41, 5.74) is 0. The van der Waals surface area contributed by atoms with Crippen LogP contribution in [-0.4, -0.2) is 37.2 Å². The Hall–Kier alpha value is -0.740. The Morgan fingerprint density at radius 3 is 2.67 bits per heavy atom. The summed E-state index contributed by atoms with van der Waals surface area (Å²) in [4.78, 5) is 22.4. The molecule has 0 bridgehead atoms. The minimum Gasteiger partial charge on any atom is -0.310 e. The summed E-state index contributed by atoms with van der Waals surface area (Å²) in [6, 6.07) is 0.387. The summed E-state index contributed by atoms with van der Waals surface area (Å²) in [5.74, 6) is 0.905. The van der Waals surface area contributed by atoms with Gasteiger partial charge in [-0.2, -0.15) is 0 Å². The van der Waals surface area contributed by atoms with Gasteiger partial charge in [-0.3, -0.25) is 9.59 Å². The second-order valence-corrected chi connectivity index (χ2v) is 5.31. The first kappa shape index (κ1) is 15.3. The first-order valence-corrected chi connectivity index (χ1v) is 7.08. The van der Waals surface area contributed by atoms with E-state index >= 15 is 0 Å². The lowest BCUT2D eigenvalue weighted by molar-refractivity contribution is -0.118. The molecule has 104 valence electrons. The van der Waals surface area contributed by atoms with Crippen molar-refractivity contribution in [2.75, 3.05) is 19.6 Å². The van der Waals surface area contributed by atoms with E-state index in [0.717, 1.165) is 19.4 Å². The number of Topliss-reactive ketones (excluding diaryl/α,β-unsaturated/α-hetero) is 2. The number of nitrogens with one attached hydrogen (secondary N) is 2. The first-order chi connectivity index (χ1) is 8.63. The van der Waals surface area contributed by atoms with Crippen LogP contribution in [0.4, 0.5) is 0 Å². The van der Waals surface area contributed by atoms with Crippen molar-refractivity contribution in [3.05, 3.63) is 0 Å². The normalized spacial score (nSPS) is 21.9. The van der Waals surface area contributed by atoms with Gasteiger partial charge in [-0.15, -0.1) is 0 Å². The zero-order chi connectivity index (χ0) is 13.4. The van der Waals surface area contributed by atoms with Crippen LogP contribution < -0.4 is 10.6 Å². The van der Waals surface area contributed by atoms with Crippen LogP contribution in [0.2, 0.25) is 0 Å². The molecule has 0 aliphatic heterocycles. The van der Waals surface area contributed by atoms with Crippen LogP contribution in [0, 0.1) is 5.92 Å². The maximum atomic E-state index is 11.7. The molecule has 0 heterocycles. The van der Waals surface area contributed by atoms with Crippen LogP contribution in [0.1, 0.15) is 46.0 Å². The molecule has 4 heteroatoms. The summed E-state index contributed by atoms with van der Waals surface area (Å²) < 4.78 is 0. The molecule has 0 aromatic heterocycles. The molecule has 2 N–H and O–H groups in total. The fourth-order valence-corrected chi connectivity index (χ4v) is 2.09. The van der Waals surface area contributed by atoms with E-state index in [1.54, 1.807) is 6.92 Å². The first-order valence-electron chi connectivity index (χ1n) is 7.08. The van der Waals surface area contributed by atoms with Crippen LogP contribution in [0.3, 0.4) is 0 Å². The van der Waals surface area contributed by atoms with Crippen LogP contribution in [0.25, 0.3) is 0 Å². The Morgan fingerprint density at radius 2 is 2.00 bits per heavy atom. The second kappa shape index (κ2) is 8.38. The largest absolute Gasteiger partial charge is 0.310 e. The van der Waals surface area contributed by atoms with Crippen LogP contribution in [-0.2, 0) is 9.59 Å². The summed E-state index contributed by atoms with van der Waals surface area (Å²) in [5, 5.41) is 6.37. The lowest BCUT2D eigenvalue weighted by atomic mass is 10.2. The lowest BCUT2D eigenvalue weighted by Crippen LogP contribution is -2.27. The van der Waals surface area contributed by atoms with Crippen LogP contribution in [0.15, 0.2) is 0 Å². The minimum atomic E-state index is 0.157. The Bertz CT molecular complexity index is 279. The molecule has 0 saturated heterocycles. The van der Waals surface area contributed by atoms with Crippen molar-refractivity contribution in [1.82, 2.24) is 10.6 Å². The van der Waals surface area contributed by atoms with Gasteiger partial charge in [0, 0.05) is 12.5 Å². The average Bonchev–Trinajstić information content (AvgIpc) is 3.04. The van der Waals surface area contributed by atoms with E-state index in [9.17, 15) is 9.59 Å². The Balaban J connectivity index is 1.96. The fourth-order valence-electron chi connectivity index (χ4n) is 2.09. The van der Waals surface area contributed by atoms with Crippen molar-refractivity contribution < 1.29 is 9.59 Å². The second-order valence-electron chi connectivity index (χ2n) is 5.31. The van der Waals surface area contributed by atoms with E-state index in [-0.39, 0.29) is 5.78 Å². The van der Waals surface area contributed by atoms with Gasteiger partial charge in [-0.1, -0.05) is 19.8 Å². The van der Waals surface area contributed by atoms with Crippen molar-refractivity contribution in [2.24, 2.45) is 5.92 Å². The Kier molecular flexibility index (Phi) is 7.13. The summed E-state index contributed by atoms with van der Waals surface area (Å²) in [6.45, 7) is 5.63. The predicted molar refractivity (Wildman–Crippen MR) is 72.6 cm³/mol. The SMILES string of the molecule is CCCCCNCC(=O)CC1CC1NCC(C)=O. The molecule has 2 atom stereocenters. The van der Waals surface area contributed by atoms with Gasteiger partial charge in [-0.25, -0.2) is 0 Å². The Morgan fingerprint density at radius 1 is 1.22 bits per heavy atom. The molecule has 0 aromatic rings. The molecule has 1 aliphatic rings. The van der Waals surface area contributed by atoms with Crippen molar-refractivity contribution in [3.8, 4) is 0 Å². The highest BCUT2D eigenvalue weighted by atomic mass is 16.1. The third-order valence-electron chi connectivity index (χ3n) is 3.30. The summed E-state index contributed by atoms with van der Waals surface area (Å²) in [6.07, 6.45) is 5.27. The number of carbonyl (C=O) groups is 2. The molecule has 0 spiro atoms. The van der Waals surface area contributed by atoms with E-state index in [0.29, 0.717) is 37.3 Å². The van der Waals surface area contributed by atoms with Gasteiger partial charge in [0.2, 0.25) is 0 Å². The van der Waals surface area contributed by atoms with Crippen LogP contribution in [0.5, 0.6) is 0 Å². The highest BCUT2D eigenvalue weighted by molar-refractivity contribution is 5.81. The van der Waals surface area contributed by atoms with Crippen molar-refractivity contribution >= 4 is 11.6 Å². The van der Waals surface area contributed by atoms with Crippen molar-refractivity contribution in [3.63, 3.8) is 0 Å². The Labute approximate surface area is 110 Å².